The topological polar surface area (TPSA) is 65.5 Å². The van der Waals surface area contributed by atoms with Crippen LogP contribution in [0.2, 0.25) is 0 Å². The molecule has 1 saturated carbocycles. The number of guanidine groups is 1. The SMILES string of the molecule is CCNC(=NCc1cccc(NC(=O)C2CCC2)c1)NCCc1cccc(F)c1. The van der Waals surface area contributed by atoms with Crippen molar-refractivity contribution < 1.29 is 9.18 Å². The number of nitrogens with one attached hydrogen (secondary N) is 3. The Bertz CT molecular complexity index is 848. The van der Waals surface area contributed by atoms with E-state index in [9.17, 15) is 9.18 Å². The van der Waals surface area contributed by atoms with E-state index in [1.54, 1.807) is 12.1 Å². The van der Waals surface area contributed by atoms with Crippen LogP contribution in [0.1, 0.15) is 37.3 Å². The summed E-state index contributed by atoms with van der Waals surface area (Å²) in [6, 6.07) is 14.5. The molecule has 29 heavy (non-hydrogen) atoms. The largest absolute Gasteiger partial charge is 0.357 e. The van der Waals surface area contributed by atoms with Crippen molar-refractivity contribution in [2.24, 2.45) is 10.9 Å². The fraction of sp³-hybridized carbons (Fsp3) is 0.391. The van der Waals surface area contributed by atoms with Crippen LogP contribution in [0.25, 0.3) is 0 Å². The minimum Gasteiger partial charge on any atom is -0.357 e. The van der Waals surface area contributed by atoms with E-state index in [4.69, 9.17) is 0 Å². The first-order valence-corrected chi connectivity index (χ1v) is 10.3. The van der Waals surface area contributed by atoms with Gasteiger partial charge in [-0.25, -0.2) is 9.38 Å². The van der Waals surface area contributed by atoms with E-state index < -0.39 is 0 Å². The molecular weight excluding hydrogens is 367 g/mol. The molecule has 1 amide bonds. The van der Waals surface area contributed by atoms with Gasteiger partial charge in [0.2, 0.25) is 5.91 Å². The molecule has 0 aliphatic heterocycles. The smallest absolute Gasteiger partial charge is 0.227 e. The molecule has 0 saturated heterocycles. The minimum absolute atomic E-state index is 0.115. The van der Waals surface area contributed by atoms with E-state index >= 15 is 0 Å². The summed E-state index contributed by atoms with van der Waals surface area (Å²) in [4.78, 5) is 16.8. The Kier molecular flexibility index (Phi) is 7.61. The second-order valence-corrected chi connectivity index (χ2v) is 7.32. The summed E-state index contributed by atoms with van der Waals surface area (Å²) in [5.41, 5.74) is 2.79. The monoisotopic (exact) mass is 396 g/mol. The molecule has 2 aromatic carbocycles. The molecule has 1 aliphatic rings. The molecule has 6 heteroatoms. The highest BCUT2D eigenvalue weighted by atomic mass is 19.1. The summed E-state index contributed by atoms with van der Waals surface area (Å²) in [6.07, 6.45) is 3.84. The Morgan fingerprint density at radius 2 is 1.90 bits per heavy atom. The van der Waals surface area contributed by atoms with Crippen LogP contribution in [-0.4, -0.2) is 25.0 Å². The van der Waals surface area contributed by atoms with Crippen molar-refractivity contribution in [3.63, 3.8) is 0 Å². The van der Waals surface area contributed by atoms with E-state index in [0.717, 1.165) is 42.6 Å². The first-order chi connectivity index (χ1) is 14.1. The maximum Gasteiger partial charge on any atom is 0.227 e. The van der Waals surface area contributed by atoms with E-state index in [2.05, 4.69) is 20.9 Å². The summed E-state index contributed by atoms with van der Waals surface area (Å²) in [5.74, 6) is 0.781. The van der Waals surface area contributed by atoms with Gasteiger partial charge in [-0.05, 0) is 61.6 Å². The van der Waals surface area contributed by atoms with Crippen LogP contribution in [0.3, 0.4) is 0 Å². The fourth-order valence-electron chi connectivity index (χ4n) is 3.19. The molecule has 2 aromatic rings. The highest BCUT2D eigenvalue weighted by Crippen LogP contribution is 2.27. The number of carbonyl (C=O) groups is 1. The lowest BCUT2D eigenvalue weighted by atomic mass is 9.85. The summed E-state index contributed by atoms with van der Waals surface area (Å²) in [7, 11) is 0. The van der Waals surface area contributed by atoms with Crippen LogP contribution < -0.4 is 16.0 Å². The Hall–Kier alpha value is -2.89. The number of aliphatic imine (C=N–C) groups is 1. The van der Waals surface area contributed by atoms with Crippen LogP contribution >= 0.6 is 0 Å². The lowest BCUT2D eigenvalue weighted by Gasteiger charge is -2.24. The quantitative estimate of drug-likeness (QED) is 0.469. The van der Waals surface area contributed by atoms with E-state index in [0.29, 0.717) is 25.5 Å². The number of halogens is 1. The van der Waals surface area contributed by atoms with Crippen molar-refractivity contribution >= 4 is 17.6 Å². The first-order valence-electron chi connectivity index (χ1n) is 10.3. The van der Waals surface area contributed by atoms with Crippen LogP contribution in [-0.2, 0) is 17.8 Å². The number of hydrogen-bond donors (Lipinski definition) is 3. The summed E-state index contributed by atoms with van der Waals surface area (Å²) >= 11 is 0. The number of carbonyl (C=O) groups excluding carboxylic acids is 1. The van der Waals surface area contributed by atoms with E-state index in [-0.39, 0.29) is 17.6 Å². The highest BCUT2D eigenvalue weighted by Gasteiger charge is 2.25. The molecule has 0 radical (unpaired) electrons. The second kappa shape index (κ2) is 10.6. The fourth-order valence-corrected chi connectivity index (χ4v) is 3.19. The summed E-state index contributed by atoms with van der Waals surface area (Å²) in [5, 5.41) is 9.51. The van der Waals surface area contributed by atoms with Gasteiger partial charge in [0.25, 0.3) is 0 Å². The molecule has 0 atom stereocenters. The lowest BCUT2D eigenvalue weighted by Crippen LogP contribution is -2.38. The molecule has 0 heterocycles. The number of rotatable bonds is 8. The normalized spacial score (nSPS) is 14.2. The molecule has 1 fully saturated rings. The number of hydrogen-bond acceptors (Lipinski definition) is 2. The van der Waals surface area contributed by atoms with Gasteiger partial charge in [0, 0.05) is 24.7 Å². The highest BCUT2D eigenvalue weighted by molar-refractivity contribution is 5.93. The van der Waals surface area contributed by atoms with Crippen molar-refractivity contribution in [1.82, 2.24) is 10.6 Å². The average molecular weight is 397 g/mol. The standard InChI is InChI=1S/C23H29FN4O/c1-2-25-23(26-13-12-17-6-3-10-20(24)14-17)27-16-18-7-4-11-21(15-18)28-22(29)19-8-5-9-19/h3-4,6-7,10-11,14-15,19H,2,5,8-9,12-13,16H2,1H3,(H,28,29)(H2,25,26,27). The number of anilines is 1. The Morgan fingerprint density at radius 1 is 1.10 bits per heavy atom. The predicted octanol–water partition coefficient (Wildman–Crippen LogP) is 3.86. The van der Waals surface area contributed by atoms with Gasteiger partial charge >= 0.3 is 0 Å². The van der Waals surface area contributed by atoms with Crippen molar-refractivity contribution in [2.45, 2.75) is 39.2 Å². The molecule has 3 rings (SSSR count). The zero-order valence-corrected chi connectivity index (χ0v) is 16.9. The van der Waals surface area contributed by atoms with Gasteiger partial charge in [0.15, 0.2) is 5.96 Å². The van der Waals surface area contributed by atoms with Gasteiger partial charge in [-0.3, -0.25) is 4.79 Å². The van der Waals surface area contributed by atoms with Gasteiger partial charge in [-0.1, -0.05) is 30.7 Å². The number of nitrogens with zero attached hydrogens (tertiary/aromatic N) is 1. The van der Waals surface area contributed by atoms with E-state index in [1.807, 2.05) is 37.3 Å². The third kappa shape index (κ3) is 6.59. The van der Waals surface area contributed by atoms with Gasteiger partial charge in [-0.15, -0.1) is 0 Å². The zero-order chi connectivity index (χ0) is 20.5. The molecular formula is C23H29FN4O. The molecule has 154 valence electrons. The average Bonchev–Trinajstić information content (AvgIpc) is 2.65. The maximum absolute atomic E-state index is 13.3. The summed E-state index contributed by atoms with van der Waals surface area (Å²) < 4.78 is 13.3. The van der Waals surface area contributed by atoms with E-state index in [1.165, 1.54) is 6.07 Å². The van der Waals surface area contributed by atoms with Gasteiger partial charge < -0.3 is 16.0 Å². The Labute approximate surface area is 171 Å². The molecule has 0 spiro atoms. The predicted molar refractivity (Wildman–Crippen MR) is 115 cm³/mol. The zero-order valence-electron chi connectivity index (χ0n) is 16.9. The first kappa shape index (κ1) is 20.8. The third-order valence-electron chi connectivity index (χ3n) is 5.03. The Balaban J connectivity index is 1.53. The molecule has 5 nitrogen and oxygen atoms in total. The van der Waals surface area contributed by atoms with Gasteiger partial charge in [0.05, 0.1) is 6.54 Å². The molecule has 3 N–H and O–H groups in total. The lowest BCUT2D eigenvalue weighted by molar-refractivity contribution is -0.122. The van der Waals surface area contributed by atoms with Crippen LogP contribution in [0, 0.1) is 11.7 Å². The van der Waals surface area contributed by atoms with Crippen molar-refractivity contribution in [3.05, 3.63) is 65.5 Å². The maximum atomic E-state index is 13.3. The molecule has 0 bridgehead atoms. The Morgan fingerprint density at radius 3 is 2.62 bits per heavy atom. The molecule has 0 unspecified atom stereocenters. The van der Waals surface area contributed by atoms with Crippen molar-refractivity contribution in [3.8, 4) is 0 Å². The molecule has 0 aromatic heterocycles. The van der Waals surface area contributed by atoms with Crippen LogP contribution in [0.15, 0.2) is 53.5 Å². The van der Waals surface area contributed by atoms with Gasteiger partial charge in [0.1, 0.15) is 5.82 Å². The van der Waals surface area contributed by atoms with Gasteiger partial charge in [-0.2, -0.15) is 0 Å². The van der Waals surface area contributed by atoms with Crippen LogP contribution in [0.5, 0.6) is 0 Å². The minimum atomic E-state index is -0.215. The van der Waals surface area contributed by atoms with Crippen LogP contribution in [0.4, 0.5) is 10.1 Å². The molecule has 1 aliphatic carbocycles. The third-order valence-corrected chi connectivity index (χ3v) is 5.03. The number of benzene rings is 2. The number of amides is 1. The van der Waals surface area contributed by atoms with Crippen molar-refractivity contribution in [1.29, 1.82) is 0 Å². The van der Waals surface area contributed by atoms with Crippen molar-refractivity contribution in [2.75, 3.05) is 18.4 Å². The second-order valence-electron chi connectivity index (χ2n) is 7.32. The summed E-state index contributed by atoms with van der Waals surface area (Å²) in [6.45, 7) is 3.93.